The van der Waals surface area contributed by atoms with Gasteiger partial charge in [0.2, 0.25) is 0 Å². The first-order valence-electron chi connectivity index (χ1n) is 6.84. The lowest BCUT2D eigenvalue weighted by atomic mass is 9.99. The van der Waals surface area contributed by atoms with E-state index in [-0.39, 0.29) is 41.9 Å². The van der Waals surface area contributed by atoms with Crippen LogP contribution in [0.2, 0.25) is 0 Å². The summed E-state index contributed by atoms with van der Waals surface area (Å²) in [6.07, 6.45) is 4.44. The largest absolute Gasteiger partial charge is 0.393 e. The zero-order valence-electron chi connectivity index (χ0n) is 11.0. The number of nitro groups is 1. The molecule has 2 aliphatic rings. The van der Waals surface area contributed by atoms with Crippen LogP contribution in [0.3, 0.4) is 0 Å². The number of aromatic nitrogens is 1. The summed E-state index contributed by atoms with van der Waals surface area (Å²) >= 11 is 0. The third-order valence-electron chi connectivity index (χ3n) is 4.36. The highest BCUT2D eigenvalue weighted by Gasteiger charge is 2.40. The van der Waals surface area contributed by atoms with Crippen LogP contribution in [0.25, 0.3) is 0 Å². The number of aliphatic hydroxyl groups is 1. The van der Waals surface area contributed by atoms with Gasteiger partial charge in [-0.25, -0.2) is 0 Å². The summed E-state index contributed by atoms with van der Waals surface area (Å²) in [4.78, 5) is 27.1. The van der Waals surface area contributed by atoms with E-state index >= 15 is 0 Å². The summed E-state index contributed by atoms with van der Waals surface area (Å²) in [5.41, 5.74) is 0.188. The van der Waals surface area contributed by atoms with E-state index in [9.17, 15) is 20.0 Å². The molecule has 3 rings (SSSR count). The molecule has 2 atom stereocenters. The second-order valence-corrected chi connectivity index (χ2v) is 5.63. The van der Waals surface area contributed by atoms with Crippen LogP contribution < -0.4 is 0 Å². The van der Waals surface area contributed by atoms with Crippen molar-refractivity contribution in [2.45, 2.75) is 43.9 Å². The molecule has 2 saturated heterocycles. The number of ketones is 1. The Balaban J connectivity index is 1.68. The fraction of sp³-hybridized carbons (Fsp3) is 0.615. The van der Waals surface area contributed by atoms with Gasteiger partial charge in [-0.15, -0.1) is 0 Å². The van der Waals surface area contributed by atoms with Crippen molar-refractivity contribution in [3.05, 3.63) is 28.1 Å². The predicted molar refractivity (Wildman–Crippen MR) is 70.5 cm³/mol. The number of nitrogens with one attached hydrogen (secondary N) is 1. The van der Waals surface area contributed by atoms with E-state index in [1.54, 1.807) is 0 Å². The summed E-state index contributed by atoms with van der Waals surface area (Å²) < 4.78 is 0. The summed E-state index contributed by atoms with van der Waals surface area (Å²) in [6, 6.07) is 1.80. The van der Waals surface area contributed by atoms with Gasteiger partial charge in [-0.1, -0.05) is 0 Å². The van der Waals surface area contributed by atoms with Crippen molar-refractivity contribution in [1.29, 1.82) is 0 Å². The van der Waals surface area contributed by atoms with Gasteiger partial charge in [-0.2, -0.15) is 0 Å². The van der Waals surface area contributed by atoms with Crippen LogP contribution in [0.5, 0.6) is 0 Å². The number of aromatic amines is 1. The Labute approximate surface area is 115 Å². The lowest BCUT2D eigenvalue weighted by molar-refractivity contribution is -0.384. The molecule has 2 unspecified atom stereocenters. The fourth-order valence-corrected chi connectivity index (χ4v) is 3.40. The minimum atomic E-state index is -0.520. The maximum atomic E-state index is 12.2. The summed E-state index contributed by atoms with van der Waals surface area (Å²) in [7, 11) is 0. The normalized spacial score (nSPS) is 29.6. The van der Waals surface area contributed by atoms with Gasteiger partial charge in [0.15, 0.2) is 5.78 Å². The quantitative estimate of drug-likeness (QED) is 0.488. The van der Waals surface area contributed by atoms with Gasteiger partial charge < -0.3 is 10.1 Å². The van der Waals surface area contributed by atoms with Crippen LogP contribution >= 0.6 is 0 Å². The summed E-state index contributed by atoms with van der Waals surface area (Å²) in [6.45, 7) is 0.264. The molecule has 1 aromatic rings. The molecule has 3 heterocycles. The Bertz CT molecular complexity index is 527. The van der Waals surface area contributed by atoms with Crippen molar-refractivity contribution in [3.63, 3.8) is 0 Å². The van der Waals surface area contributed by atoms with E-state index < -0.39 is 4.92 Å². The van der Waals surface area contributed by atoms with Crippen molar-refractivity contribution in [1.82, 2.24) is 9.88 Å². The molecule has 0 aromatic carbocycles. The highest BCUT2D eigenvalue weighted by molar-refractivity contribution is 5.96. The average molecular weight is 279 g/mol. The van der Waals surface area contributed by atoms with Gasteiger partial charge >= 0.3 is 0 Å². The lowest BCUT2D eigenvalue weighted by Crippen LogP contribution is -2.46. The highest BCUT2D eigenvalue weighted by Crippen LogP contribution is 2.35. The highest BCUT2D eigenvalue weighted by atomic mass is 16.6. The lowest BCUT2D eigenvalue weighted by Gasteiger charge is -2.36. The van der Waals surface area contributed by atoms with Crippen LogP contribution in [-0.2, 0) is 0 Å². The minimum Gasteiger partial charge on any atom is -0.393 e. The zero-order chi connectivity index (χ0) is 14.3. The van der Waals surface area contributed by atoms with Gasteiger partial charge in [0.05, 0.1) is 29.5 Å². The third kappa shape index (κ3) is 2.34. The van der Waals surface area contributed by atoms with E-state index in [4.69, 9.17) is 0 Å². The number of H-pyrrole nitrogens is 1. The Morgan fingerprint density at radius 2 is 2.10 bits per heavy atom. The topological polar surface area (TPSA) is 99.5 Å². The molecule has 2 N–H and O–H groups in total. The first-order chi connectivity index (χ1) is 9.54. The standard InChI is InChI=1S/C13H17N3O4/c17-11-3-8-1-2-9(4-11)15(8)7-13(18)12-5-10(6-14-12)16(19)20/h5-6,8-9,11,14,17H,1-4,7H2. The monoisotopic (exact) mass is 279 g/mol. The Hall–Kier alpha value is -1.73. The van der Waals surface area contributed by atoms with Crippen LogP contribution in [0, 0.1) is 10.1 Å². The average Bonchev–Trinajstić information content (AvgIpc) is 2.95. The van der Waals surface area contributed by atoms with Crippen LogP contribution in [0.15, 0.2) is 12.3 Å². The molecular weight excluding hydrogens is 262 g/mol. The smallest absolute Gasteiger partial charge is 0.287 e. The van der Waals surface area contributed by atoms with Crippen LogP contribution in [-0.4, -0.2) is 50.4 Å². The molecule has 0 spiro atoms. The van der Waals surface area contributed by atoms with Gasteiger partial charge in [-0.3, -0.25) is 19.8 Å². The van der Waals surface area contributed by atoms with E-state index in [0.29, 0.717) is 12.8 Å². The number of fused-ring (bicyclic) bond motifs is 2. The number of rotatable bonds is 4. The van der Waals surface area contributed by atoms with Crippen molar-refractivity contribution < 1.29 is 14.8 Å². The molecule has 7 nitrogen and oxygen atoms in total. The molecule has 2 aliphatic heterocycles. The number of nitrogens with zero attached hydrogens (tertiary/aromatic N) is 2. The number of hydrogen-bond donors (Lipinski definition) is 2. The molecule has 0 radical (unpaired) electrons. The molecule has 1 aromatic heterocycles. The van der Waals surface area contributed by atoms with Crippen molar-refractivity contribution >= 4 is 11.5 Å². The predicted octanol–water partition coefficient (Wildman–Crippen LogP) is 1.09. The van der Waals surface area contributed by atoms with Gasteiger partial charge in [0, 0.05) is 18.2 Å². The molecule has 7 heteroatoms. The summed E-state index contributed by atoms with van der Waals surface area (Å²) in [5.74, 6) is -0.133. The Kier molecular flexibility index (Phi) is 3.31. The molecule has 0 saturated carbocycles. The summed E-state index contributed by atoms with van der Waals surface area (Å²) in [5, 5.41) is 20.3. The number of Topliss-reactive ketones (excluding diaryl/α,β-unsaturated/α-hetero) is 1. The maximum Gasteiger partial charge on any atom is 0.287 e. The second kappa shape index (κ2) is 4.99. The molecule has 0 aliphatic carbocycles. The van der Waals surface area contributed by atoms with Gasteiger partial charge in [0.25, 0.3) is 5.69 Å². The molecule has 20 heavy (non-hydrogen) atoms. The number of carbonyl (C=O) groups excluding carboxylic acids is 1. The molecular formula is C13H17N3O4. The molecule has 108 valence electrons. The van der Waals surface area contributed by atoms with E-state index in [2.05, 4.69) is 9.88 Å². The van der Waals surface area contributed by atoms with E-state index in [1.165, 1.54) is 12.3 Å². The zero-order valence-corrected chi connectivity index (χ0v) is 11.0. The first kappa shape index (κ1) is 13.3. The second-order valence-electron chi connectivity index (χ2n) is 5.63. The number of aliphatic hydroxyl groups excluding tert-OH is 1. The van der Waals surface area contributed by atoms with Crippen molar-refractivity contribution in [2.75, 3.05) is 6.54 Å². The van der Waals surface area contributed by atoms with Crippen LogP contribution in [0.1, 0.15) is 36.2 Å². The van der Waals surface area contributed by atoms with Crippen LogP contribution in [0.4, 0.5) is 5.69 Å². The number of piperidine rings is 1. The fourth-order valence-electron chi connectivity index (χ4n) is 3.40. The number of carbonyl (C=O) groups is 1. The van der Waals surface area contributed by atoms with Crippen molar-refractivity contribution in [3.8, 4) is 0 Å². The Morgan fingerprint density at radius 3 is 2.65 bits per heavy atom. The Morgan fingerprint density at radius 1 is 1.45 bits per heavy atom. The van der Waals surface area contributed by atoms with Gasteiger partial charge in [-0.05, 0) is 25.7 Å². The molecule has 2 fully saturated rings. The molecule has 0 amide bonds. The van der Waals surface area contributed by atoms with Gasteiger partial charge in [0.1, 0.15) is 0 Å². The van der Waals surface area contributed by atoms with Crippen molar-refractivity contribution in [2.24, 2.45) is 0 Å². The third-order valence-corrected chi connectivity index (χ3v) is 4.36. The van der Waals surface area contributed by atoms with E-state index in [0.717, 1.165) is 12.8 Å². The molecule has 2 bridgehead atoms. The van der Waals surface area contributed by atoms with E-state index in [1.807, 2.05) is 0 Å². The SMILES string of the molecule is O=C(CN1C2CCC1CC(O)C2)c1cc([N+](=O)[O-])c[nH]1. The maximum absolute atomic E-state index is 12.2. The number of hydrogen-bond acceptors (Lipinski definition) is 5. The minimum absolute atomic E-state index is 0.0922. The first-order valence-corrected chi connectivity index (χ1v) is 6.84.